The summed E-state index contributed by atoms with van der Waals surface area (Å²) in [5, 5.41) is 0.347. The van der Waals surface area contributed by atoms with Crippen LogP contribution in [0.4, 0.5) is 0 Å². The number of hydrogen-bond acceptors (Lipinski definition) is 5. The van der Waals surface area contributed by atoms with Crippen molar-refractivity contribution in [1.29, 1.82) is 0 Å². The zero-order valence-electron chi connectivity index (χ0n) is 15.0. The van der Waals surface area contributed by atoms with Gasteiger partial charge in [-0.2, -0.15) is 0 Å². The molecule has 0 aliphatic heterocycles. The first kappa shape index (κ1) is 20.4. The number of halogens is 1. The summed E-state index contributed by atoms with van der Waals surface area (Å²) in [5.74, 6) is -0.606. The Balaban J connectivity index is 2.20. The lowest BCUT2D eigenvalue weighted by atomic mass is 10.1. The number of carbonyl (C=O) groups is 1. The lowest BCUT2D eigenvalue weighted by Crippen LogP contribution is -2.40. The van der Waals surface area contributed by atoms with Crippen LogP contribution >= 0.6 is 11.6 Å². The number of ether oxygens (including phenoxy) is 1. The molecule has 2 rings (SSSR count). The quantitative estimate of drug-likeness (QED) is 0.617. The number of esters is 1. The highest BCUT2D eigenvalue weighted by molar-refractivity contribution is 7.89. The predicted molar refractivity (Wildman–Crippen MR) is 99.6 cm³/mol. The number of hydrogen-bond donors (Lipinski definition) is 1. The van der Waals surface area contributed by atoms with Crippen LogP contribution in [0, 0.1) is 6.92 Å². The highest BCUT2D eigenvalue weighted by atomic mass is 35.5. The molecule has 26 heavy (non-hydrogen) atoms. The first-order valence-corrected chi connectivity index (χ1v) is 9.76. The van der Waals surface area contributed by atoms with Crippen LogP contribution in [0.15, 0.2) is 41.4 Å². The van der Waals surface area contributed by atoms with Crippen LogP contribution in [0.25, 0.3) is 0 Å². The minimum absolute atomic E-state index is 0.0122. The van der Waals surface area contributed by atoms with Gasteiger partial charge in [-0.15, -0.1) is 0 Å². The van der Waals surface area contributed by atoms with Crippen molar-refractivity contribution in [3.8, 4) is 0 Å². The number of rotatable bonds is 5. The molecule has 0 saturated heterocycles. The van der Waals surface area contributed by atoms with E-state index >= 15 is 0 Å². The van der Waals surface area contributed by atoms with Crippen LogP contribution in [0.3, 0.4) is 0 Å². The normalized spacial score (nSPS) is 12.0. The van der Waals surface area contributed by atoms with Crippen molar-refractivity contribution in [3.63, 3.8) is 0 Å². The number of aryl methyl sites for hydroxylation is 1. The second-order valence-corrected chi connectivity index (χ2v) is 8.97. The maximum atomic E-state index is 12.5. The lowest BCUT2D eigenvalue weighted by molar-refractivity contribution is 0.0471. The summed E-state index contributed by atoms with van der Waals surface area (Å²) in [6.07, 6.45) is 1.51. The summed E-state index contributed by atoms with van der Waals surface area (Å²) in [7, 11) is -3.75. The van der Waals surface area contributed by atoms with Crippen molar-refractivity contribution in [2.75, 3.05) is 0 Å². The van der Waals surface area contributed by atoms with Crippen molar-refractivity contribution in [2.45, 2.75) is 44.7 Å². The fourth-order valence-electron chi connectivity index (χ4n) is 2.17. The molecule has 2 aromatic rings. The topological polar surface area (TPSA) is 85.4 Å². The van der Waals surface area contributed by atoms with Crippen molar-refractivity contribution in [2.24, 2.45) is 0 Å². The van der Waals surface area contributed by atoms with Gasteiger partial charge < -0.3 is 4.74 Å². The maximum absolute atomic E-state index is 12.5. The number of nitrogens with zero attached hydrogens (tertiary/aromatic N) is 1. The summed E-state index contributed by atoms with van der Waals surface area (Å²) < 4.78 is 32.7. The SMILES string of the molecule is Cc1ccc(S(=O)(=O)NC(C)(C)C)cc1C(=O)OCc1ccc(Cl)nc1. The van der Waals surface area contributed by atoms with Crippen LogP contribution in [0.1, 0.15) is 42.3 Å². The van der Waals surface area contributed by atoms with Crippen LogP contribution in [0.5, 0.6) is 0 Å². The van der Waals surface area contributed by atoms with Crippen molar-refractivity contribution < 1.29 is 17.9 Å². The highest BCUT2D eigenvalue weighted by Gasteiger charge is 2.23. The van der Waals surface area contributed by atoms with Gasteiger partial charge in [0.25, 0.3) is 0 Å². The zero-order valence-corrected chi connectivity index (χ0v) is 16.6. The van der Waals surface area contributed by atoms with E-state index in [1.54, 1.807) is 45.9 Å². The molecule has 1 aromatic carbocycles. The molecule has 0 radical (unpaired) electrons. The second kappa shape index (κ2) is 7.73. The van der Waals surface area contributed by atoms with Gasteiger partial charge in [0.2, 0.25) is 10.0 Å². The van der Waals surface area contributed by atoms with Gasteiger partial charge in [-0.3, -0.25) is 0 Å². The summed E-state index contributed by atoms with van der Waals surface area (Å²) in [5.41, 5.74) is 0.868. The van der Waals surface area contributed by atoms with E-state index in [2.05, 4.69) is 9.71 Å². The van der Waals surface area contributed by atoms with Crippen molar-refractivity contribution >= 4 is 27.6 Å². The fourth-order valence-corrected chi connectivity index (χ4v) is 3.72. The van der Waals surface area contributed by atoms with Gasteiger partial charge in [-0.25, -0.2) is 22.9 Å². The largest absolute Gasteiger partial charge is 0.457 e. The van der Waals surface area contributed by atoms with E-state index in [0.29, 0.717) is 16.3 Å². The first-order chi connectivity index (χ1) is 12.0. The summed E-state index contributed by atoms with van der Waals surface area (Å²) >= 11 is 5.72. The molecular formula is C18H21ClN2O4S. The number of benzene rings is 1. The molecule has 1 N–H and O–H groups in total. The Kier molecular flexibility index (Phi) is 6.05. The second-order valence-electron chi connectivity index (χ2n) is 6.90. The van der Waals surface area contributed by atoms with Gasteiger partial charge in [0.15, 0.2) is 0 Å². The molecule has 6 nitrogen and oxygen atoms in total. The average Bonchev–Trinajstić information content (AvgIpc) is 2.52. The molecule has 8 heteroatoms. The molecule has 140 valence electrons. The number of nitrogens with one attached hydrogen (secondary N) is 1. The molecular weight excluding hydrogens is 376 g/mol. The van der Waals surface area contributed by atoms with Crippen LogP contribution in [-0.4, -0.2) is 24.9 Å². The minimum Gasteiger partial charge on any atom is -0.457 e. The van der Waals surface area contributed by atoms with Crippen LogP contribution in [0.2, 0.25) is 5.15 Å². The highest BCUT2D eigenvalue weighted by Crippen LogP contribution is 2.19. The van der Waals surface area contributed by atoms with E-state index in [4.69, 9.17) is 16.3 Å². The lowest BCUT2D eigenvalue weighted by Gasteiger charge is -2.20. The Labute approximate surface area is 158 Å². The van der Waals surface area contributed by atoms with E-state index in [1.807, 2.05) is 0 Å². The van der Waals surface area contributed by atoms with E-state index in [9.17, 15) is 13.2 Å². The fraction of sp³-hybridized carbons (Fsp3) is 0.333. The number of pyridine rings is 1. The summed E-state index contributed by atoms with van der Waals surface area (Å²) in [6.45, 7) is 6.96. The Hall–Kier alpha value is -1.96. The standard InChI is InChI=1S/C18H21ClN2O4S/c1-12-5-7-14(26(23,24)21-18(2,3)4)9-15(12)17(22)25-11-13-6-8-16(19)20-10-13/h5-10,21H,11H2,1-4H3. The third kappa shape index (κ3) is 5.52. The Morgan fingerprint density at radius 3 is 2.50 bits per heavy atom. The minimum atomic E-state index is -3.75. The average molecular weight is 397 g/mol. The van der Waals surface area contributed by atoms with Crippen molar-refractivity contribution in [3.05, 3.63) is 58.4 Å². The molecule has 0 spiro atoms. The Morgan fingerprint density at radius 1 is 1.23 bits per heavy atom. The Morgan fingerprint density at radius 2 is 1.92 bits per heavy atom. The third-order valence-corrected chi connectivity index (χ3v) is 5.32. The molecule has 0 aliphatic carbocycles. The van der Waals surface area contributed by atoms with Crippen molar-refractivity contribution in [1.82, 2.24) is 9.71 Å². The maximum Gasteiger partial charge on any atom is 0.338 e. The predicted octanol–water partition coefficient (Wildman–Crippen LogP) is 3.48. The Bertz CT molecular complexity index is 904. The van der Waals surface area contributed by atoms with Gasteiger partial charge in [-0.1, -0.05) is 23.7 Å². The van der Waals surface area contributed by atoms with Crippen LogP contribution in [-0.2, 0) is 21.4 Å². The monoisotopic (exact) mass is 396 g/mol. The van der Waals surface area contributed by atoms with Gasteiger partial charge >= 0.3 is 5.97 Å². The van der Waals surface area contributed by atoms with Gasteiger partial charge in [0.05, 0.1) is 10.5 Å². The van der Waals surface area contributed by atoms with Crippen LogP contribution < -0.4 is 4.72 Å². The van der Waals surface area contributed by atoms with E-state index in [-0.39, 0.29) is 17.1 Å². The summed E-state index contributed by atoms with van der Waals surface area (Å²) in [4.78, 5) is 16.3. The van der Waals surface area contributed by atoms with E-state index < -0.39 is 21.5 Å². The molecule has 0 unspecified atom stereocenters. The van der Waals surface area contributed by atoms with Gasteiger partial charge in [0, 0.05) is 17.3 Å². The first-order valence-electron chi connectivity index (χ1n) is 7.90. The van der Waals surface area contributed by atoms with E-state index in [1.165, 1.54) is 18.3 Å². The zero-order chi connectivity index (χ0) is 19.5. The number of carbonyl (C=O) groups excluding carboxylic acids is 1. The molecule has 0 bridgehead atoms. The molecule has 0 aliphatic rings. The molecule has 1 heterocycles. The molecule has 0 fully saturated rings. The molecule has 0 saturated carbocycles. The van der Waals surface area contributed by atoms with Gasteiger partial charge in [-0.05, 0) is 51.5 Å². The van der Waals surface area contributed by atoms with Gasteiger partial charge in [0.1, 0.15) is 11.8 Å². The molecule has 0 atom stereocenters. The number of sulfonamides is 1. The smallest absolute Gasteiger partial charge is 0.338 e. The summed E-state index contributed by atoms with van der Waals surface area (Å²) in [6, 6.07) is 7.66. The number of aromatic nitrogens is 1. The molecule has 0 amide bonds. The molecule has 1 aromatic heterocycles. The van der Waals surface area contributed by atoms with E-state index in [0.717, 1.165) is 0 Å². The third-order valence-electron chi connectivity index (χ3n) is 3.34.